The van der Waals surface area contributed by atoms with E-state index < -0.39 is 24.2 Å². The number of unbranched alkanes of at least 4 members (excludes halogenated alkanes) is 40. The summed E-state index contributed by atoms with van der Waals surface area (Å²) in [5.74, 6) is -0.466. The van der Waals surface area contributed by atoms with Gasteiger partial charge in [-0.2, -0.15) is 0 Å². The topological polar surface area (TPSA) is 89.8 Å². The molecule has 0 saturated carbocycles. The second-order valence-corrected chi connectivity index (χ2v) is 18.8. The molecule has 0 aromatic heterocycles. The molecule has 0 aliphatic rings. The molecule has 0 bridgehead atoms. The zero-order valence-corrected chi connectivity index (χ0v) is 40.2. The molecule has 5 heteroatoms. The van der Waals surface area contributed by atoms with Gasteiger partial charge in [-0.15, -0.1) is 0 Å². The number of carbonyl (C=O) groups is 1. The van der Waals surface area contributed by atoms with Gasteiger partial charge in [-0.1, -0.05) is 276 Å². The number of amides is 1. The van der Waals surface area contributed by atoms with E-state index in [1.165, 1.54) is 244 Å². The van der Waals surface area contributed by atoms with Crippen LogP contribution in [0.2, 0.25) is 0 Å². The fourth-order valence-electron chi connectivity index (χ4n) is 8.66. The third-order valence-electron chi connectivity index (χ3n) is 12.9. The van der Waals surface area contributed by atoms with Crippen LogP contribution in [0.4, 0.5) is 0 Å². The van der Waals surface area contributed by atoms with E-state index in [1.54, 1.807) is 0 Å². The van der Waals surface area contributed by atoms with Gasteiger partial charge in [0.25, 0.3) is 0 Å². The maximum Gasteiger partial charge on any atom is 0.249 e. The Labute approximate surface area is 369 Å². The SMILES string of the molecule is CCCCCCCCCCCCCC/C=C\CCCCCCCCCCCCCCCC(O)C(=O)NC(CO)C(O)CCCCCCCCCCCCCCCCCC. The summed E-state index contributed by atoms with van der Waals surface area (Å²) in [6.45, 7) is 4.26. The van der Waals surface area contributed by atoms with Crippen molar-refractivity contribution in [3.63, 3.8) is 0 Å². The molecule has 3 atom stereocenters. The molecule has 0 aromatic rings. The molecule has 5 nitrogen and oxygen atoms in total. The van der Waals surface area contributed by atoms with E-state index in [9.17, 15) is 20.1 Å². The summed E-state index contributed by atoms with van der Waals surface area (Å²) in [4.78, 5) is 12.5. The van der Waals surface area contributed by atoms with Crippen molar-refractivity contribution in [2.75, 3.05) is 6.61 Å². The predicted octanol–water partition coefficient (Wildman–Crippen LogP) is 16.3. The van der Waals surface area contributed by atoms with Gasteiger partial charge in [0.1, 0.15) is 6.10 Å². The zero-order valence-electron chi connectivity index (χ0n) is 40.2. The van der Waals surface area contributed by atoms with Crippen molar-refractivity contribution >= 4 is 5.91 Å². The molecule has 0 fully saturated rings. The first-order valence-corrected chi connectivity index (χ1v) is 27.0. The predicted molar refractivity (Wildman–Crippen MR) is 259 cm³/mol. The minimum atomic E-state index is -1.07. The van der Waals surface area contributed by atoms with Crippen LogP contribution in [0.15, 0.2) is 12.2 Å². The van der Waals surface area contributed by atoms with Gasteiger partial charge in [-0.05, 0) is 38.5 Å². The van der Waals surface area contributed by atoms with Crippen LogP contribution in [-0.2, 0) is 4.79 Å². The molecule has 0 radical (unpaired) electrons. The summed E-state index contributed by atoms with van der Waals surface area (Å²) < 4.78 is 0. The van der Waals surface area contributed by atoms with Crippen LogP contribution in [0.3, 0.4) is 0 Å². The highest BCUT2D eigenvalue weighted by Gasteiger charge is 2.23. The molecule has 3 unspecified atom stereocenters. The maximum absolute atomic E-state index is 12.5. The summed E-state index contributed by atoms with van der Waals surface area (Å²) in [5.41, 5.74) is 0. The van der Waals surface area contributed by atoms with Crippen LogP contribution >= 0.6 is 0 Å². The van der Waals surface area contributed by atoms with Crippen LogP contribution in [0.25, 0.3) is 0 Å². The fraction of sp³-hybridized carbons (Fsp3) is 0.944. The summed E-state index contributed by atoms with van der Waals surface area (Å²) in [5, 5.41) is 33.5. The van der Waals surface area contributed by atoms with Crippen molar-refractivity contribution in [2.45, 2.75) is 321 Å². The molecule has 0 aromatic carbocycles. The molecule has 0 rings (SSSR count). The highest BCUT2D eigenvalue weighted by molar-refractivity contribution is 5.80. The first kappa shape index (κ1) is 58.1. The van der Waals surface area contributed by atoms with Gasteiger partial charge in [-0.3, -0.25) is 4.79 Å². The first-order valence-electron chi connectivity index (χ1n) is 27.0. The Kier molecular flexibility index (Phi) is 49.0. The average molecular weight is 834 g/mol. The third kappa shape index (κ3) is 44.9. The minimum Gasteiger partial charge on any atom is -0.394 e. The van der Waals surface area contributed by atoms with Crippen LogP contribution in [0.5, 0.6) is 0 Å². The summed E-state index contributed by atoms with van der Waals surface area (Å²) in [6, 6.07) is -0.709. The summed E-state index contributed by atoms with van der Waals surface area (Å²) in [6.07, 6.45) is 61.1. The highest BCUT2D eigenvalue weighted by atomic mass is 16.3. The Morgan fingerprint density at radius 2 is 0.644 bits per heavy atom. The van der Waals surface area contributed by atoms with Crippen molar-refractivity contribution in [1.82, 2.24) is 5.32 Å². The minimum absolute atomic E-state index is 0.310. The maximum atomic E-state index is 12.5. The second-order valence-electron chi connectivity index (χ2n) is 18.8. The van der Waals surface area contributed by atoms with E-state index in [4.69, 9.17) is 0 Å². The lowest BCUT2D eigenvalue weighted by molar-refractivity contribution is -0.131. The molecule has 1 amide bonds. The molecule has 0 aliphatic carbocycles. The summed E-state index contributed by atoms with van der Waals surface area (Å²) >= 11 is 0. The normalized spacial score (nSPS) is 13.4. The van der Waals surface area contributed by atoms with Crippen LogP contribution in [-0.4, -0.2) is 46.1 Å². The molecular weight excluding hydrogens is 727 g/mol. The largest absolute Gasteiger partial charge is 0.394 e. The number of carbonyl (C=O) groups excluding carboxylic acids is 1. The van der Waals surface area contributed by atoms with E-state index in [-0.39, 0.29) is 6.61 Å². The van der Waals surface area contributed by atoms with Crippen molar-refractivity contribution in [3.05, 3.63) is 12.2 Å². The van der Waals surface area contributed by atoms with Gasteiger partial charge >= 0.3 is 0 Å². The Morgan fingerprint density at radius 3 is 0.932 bits per heavy atom. The highest BCUT2D eigenvalue weighted by Crippen LogP contribution is 2.18. The van der Waals surface area contributed by atoms with Crippen molar-refractivity contribution in [1.29, 1.82) is 0 Å². The Morgan fingerprint density at radius 1 is 0.390 bits per heavy atom. The third-order valence-corrected chi connectivity index (χ3v) is 12.9. The van der Waals surface area contributed by atoms with Crippen LogP contribution in [0.1, 0.15) is 303 Å². The number of nitrogens with one attached hydrogen (secondary N) is 1. The van der Waals surface area contributed by atoms with Gasteiger partial charge in [0.2, 0.25) is 5.91 Å². The number of allylic oxidation sites excluding steroid dienone is 2. The molecular formula is C54H107NO4. The lowest BCUT2D eigenvalue weighted by Crippen LogP contribution is -2.49. The molecule has 352 valence electrons. The number of aliphatic hydroxyl groups excluding tert-OH is 3. The smallest absolute Gasteiger partial charge is 0.249 e. The summed E-state index contributed by atoms with van der Waals surface area (Å²) in [7, 11) is 0. The standard InChI is InChI=1S/C54H107NO4/c1-3-5-7-9-11-13-15-17-19-21-22-23-24-25-26-27-28-29-30-31-32-33-35-37-39-41-43-45-47-49-53(58)54(59)55-51(50-56)52(57)48-46-44-42-40-38-36-34-20-18-16-14-12-10-8-6-4-2/h25-26,51-53,56-58H,3-24,27-50H2,1-2H3,(H,55,59)/b26-25-. The Hall–Kier alpha value is -0.910. The van der Waals surface area contributed by atoms with E-state index in [2.05, 4.69) is 31.3 Å². The zero-order chi connectivity index (χ0) is 43.0. The quantitative estimate of drug-likeness (QED) is 0.0363. The molecule has 0 heterocycles. The molecule has 4 N–H and O–H groups in total. The van der Waals surface area contributed by atoms with E-state index in [0.29, 0.717) is 12.8 Å². The molecule has 0 saturated heterocycles. The average Bonchev–Trinajstić information content (AvgIpc) is 3.24. The van der Waals surface area contributed by atoms with Gasteiger partial charge in [0.05, 0.1) is 18.8 Å². The lowest BCUT2D eigenvalue weighted by atomic mass is 10.0. The monoisotopic (exact) mass is 834 g/mol. The number of hydrogen-bond acceptors (Lipinski definition) is 4. The molecule has 59 heavy (non-hydrogen) atoms. The van der Waals surface area contributed by atoms with Crippen molar-refractivity contribution < 1.29 is 20.1 Å². The Balaban J connectivity index is 3.50. The van der Waals surface area contributed by atoms with E-state index in [1.807, 2.05) is 0 Å². The van der Waals surface area contributed by atoms with Crippen molar-refractivity contribution in [3.8, 4) is 0 Å². The fourth-order valence-corrected chi connectivity index (χ4v) is 8.66. The van der Waals surface area contributed by atoms with E-state index >= 15 is 0 Å². The number of aliphatic hydroxyl groups is 3. The second kappa shape index (κ2) is 49.7. The van der Waals surface area contributed by atoms with Crippen LogP contribution < -0.4 is 5.32 Å². The molecule has 0 spiro atoms. The van der Waals surface area contributed by atoms with Gasteiger partial charge in [-0.25, -0.2) is 0 Å². The molecule has 0 aliphatic heterocycles. The first-order chi connectivity index (χ1) is 29.1. The van der Waals surface area contributed by atoms with Gasteiger partial charge in [0.15, 0.2) is 0 Å². The van der Waals surface area contributed by atoms with Gasteiger partial charge in [0, 0.05) is 0 Å². The number of rotatable bonds is 50. The van der Waals surface area contributed by atoms with E-state index in [0.717, 1.165) is 32.1 Å². The van der Waals surface area contributed by atoms with Gasteiger partial charge < -0.3 is 20.6 Å². The van der Waals surface area contributed by atoms with Crippen molar-refractivity contribution in [2.24, 2.45) is 0 Å². The lowest BCUT2D eigenvalue weighted by Gasteiger charge is -2.23. The number of hydrogen-bond donors (Lipinski definition) is 4. The van der Waals surface area contributed by atoms with Crippen LogP contribution in [0, 0.1) is 0 Å². The Bertz CT molecular complexity index is 833.